The van der Waals surface area contributed by atoms with Gasteiger partial charge in [-0.25, -0.2) is 4.98 Å². The molecular formula is C13H15N3O2. The summed E-state index contributed by atoms with van der Waals surface area (Å²) in [6.45, 7) is 3.01. The van der Waals surface area contributed by atoms with Gasteiger partial charge in [-0.3, -0.25) is 4.79 Å². The molecule has 0 aromatic carbocycles. The summed E-state index contributed by atoms with van der Waals surface area (Å²) in [7, 11) is 0. The van der Waals surface area contributed by atoms with Crippen molar-refractivity contribution in [3.05, 3.63) is 23.9 Å². The first-order valence-electron chi connectivity index (χ1n) is 5.82. The summed E-state index contributed by atoms with van der Waals surface area (Å²) < 4.78 is 5.29. The zero-order valence-corrected chi connectivity index (χ0v) is 10.1. The largest absolute Gasteiger partial charge is 0.378 e. The van der Waals surface area contributed by atoms with Crippen LogP contribution in [0.2, 0.25) is 0 Å². The predicted molar refractivity (Wildman–Crippen MR) is 68.4 cm³/mol. The van der Waals surface area contributed by atoms with Crippen LogP contribution in [0.3, 0.4) is 0 Å². The second-order valence-electron chi connectivity index (χ2n) is 3.86. The first-order chi connectivity index (χ1) is 8.83. The lowest BCUT2D eigenvalue weighted by atomic mass is 10.2. The number of ether oxygens (including phenoxy) is 1. The Hall–Kier alpha value is -2.06. The van der Waals surface area contributed by atoms with Crippen molar-refractivity contribution in [1.82, 2.24) is 10.3 Å². The molecule has 1 N–H and O–H groups in total. The number of rotatable bonds is 3. The quantitative estimate of drug-likeness (QED) is 0.777. The van der Waals surface area contributed by atoms with E-state index in [-0.39, 0.29) is 12.5 Å². The third kappa shape index (κ3) is 2.79. The van der Waals surface area contributed by atoms with E-state index in [9.17, 15) is 4.79 Å². The number of carbonyl (C=O) groups is 1. The molecule has 1 aromatic rings. The third-order valence-electron chi connectivity index (χ3n) is 2.69. The average molecular weight is 245 g/mol. The molecular weight excluding hydrogens is 230 g/mol. The summed E-state index contributed by atoms with van der Waals surface area (Å²) >= 11 is 0. The SMILES string of the molecule is C#CCNC(=O)c1cccnc1N1CCOCC1. The van der Waals surface area contributed by atoms with E-state index in [1.54, 1.807) is 18.3 Å². The molecule has 0 saturated carbocycles. The first kappa shape index (κ1) is 12.4. The summed E-state index contributed by atoms with van der Waals surface area (Å²) in [5.74, 6) is 2.88. The number of anilines is 1. The highest BCUT2D eigenvalue weighted by Gasteiger charge is 2.19. The Labute approximate surface area is 106 Å². The van der Waals surface area contributed by atoms with Gasteiger partial charge in [-0.15, -0.1) is 6.42 Å². The van der Waals surface area contributed by atoms with Crippen LogP contribution in [0.25, 0.3) is 0 Å². The Bertz CT molecular complexity index is 462. The number of nitrogens with one attached hydrogen (secondary N) is 1. The minimum atomic E-state index is -0.192. The molecule has 5 nitrogen and oxygen atoms in total. The lowest BCUT2D eigenvalue weighted by molar-refractivity contribution is 0.0956. The second-order valence-corrected chi connectivity index (χ2v) is 3.86. The molecule has 1 aliphatic heterocycles. The van der Waals surface area contributed by atoms with E-state index < -0.39 is 0 Å². The normalized spacial score (nSPS) is 14.9. The van der Waals surface area contributed by atoms with E-state index in [0.29, 0.717) is 24.6 Å². The fourth-order valence-electron chi connectivity index (χ4n) is 1.83. The van der Waals surface area contributed by atoms with E-state index >= 15 is 0 Å². The number of aromatic nitrogens is 1. The van der Waals surface area contributed by atoms with Crippen LogP contribution < -0.4 is 10.2 Å². The average Bonchev–Trinajstić information content (AvgIpc) is 2.45. The van der Waals surface area contributed by atoms with Gasteiger partial charge in [0.15, 0.2) is 0 Å². The van der Waals surface area contributed by atoms with Crippen molar-refractivity contribution >= 4 is 11.7 Å². The Morgan fingerprint density at radius 2 is 2.33 bits per heavy atom. The molecule has 0 atom stereocenters. The maximum atomic E-state index is 12.0. The van der Waals surface area contributed by atoms with Gasteiger partial charge in [0, 0.05) is 19.3 Å². The number of carbonyl (C=O) groups excluding carboxylic acids is 1. The maximum Gasteiger partial charge on any atom is 0.255 e. The van der Waals surface area contributed by atoms with E-state index in [0.717, 1.165) is 13.1 Å². The minimum absolute atomic E-state index is 0.192. The molecule has 2 heterocycles. The highest BCUT2D eigenvalue weighted by molar-refractivity contribution is 5.99. The number of morpholine rings is 1. The van der Waals surface area contributed by atoms with Gasteiger partial charge in [0.25, 0.3) is 5.91 Å². The monoisotopic (exact) mass is 245 g/mol. The van der Waals surface area contributed by atoms with Crippen LogP contribution in [-0.4, -0.2) is 43.7 Å². The molecule has 1 amide bonds. The van der Waals surface area contributed by atoms with Crippen molar-refractivity contribution in [2.75, 3.05) is 37.7 Å². The maximum absolute atomic E-state index is 12.0. The van der Waals surface area contributed by atoms with Crippen LogP contribution in [0.15, 0.2) is 18.3 Å². The number of amides is 1. The molecule has 1 fully saturated rings. The number of terminal acetylenes is 1. The summed E-state index contributed by atoms with van der Waals surface area (Å²) in [6.07, 6.45) is 6.81. The number of hydrogen-bond acceptors (Lipinski definition) is 4. The standard InChI is InChI=1S/C13H15N3O2/c1-2-5-15-13(17)11-4-3-6-14-12(11)16-7-9-18-10-8-16/h1,3-4,6H,5,7-10H2,(H,15,17). The molecule has 0 bridgehead atoms. The fourth-order valence-corrected chi connectivity index (χ4v) is 1.83. The second kappa shape index (κ2) is 6.03. The number of hydrogen-bond donors (Lipinski definition) is 1. The van der Waals surface area contributed by atoms with Crippen molar-refractivity contribution in [1.29, 1.82) is 0 Å². The molecule has 0 radical (unpaired) electrons. The molecule has 1 aromatic heterocycles. The number of nitrogens with zero attached hydrogens (tertiary/aromatic N) is 2. The highest BCUT2D eigenvalue weighted by Crippen LogP contribution is 2.18. The Morgan fingerprint density at radius 1 is 1.56 bits per heavy atom. The molecule has 1 aliphatic rings. The zero-order chi connectivity index (χ0) is 12.8. The minimum Gasteiger partial charge on any atom is -0.378 e. The van der Waals surface area contributed by atoms with Gasteiger partial charge in [-0.05, 0) is 12.1 Å². The van der Waals surface area contributed by atoms with Crippen LogP contribution in [0, 0.1) is 12.3 Å². The van der Waals surface area contributed by atoms with Crippen LogP contribution in [0.4, 0.5) is 5.82 Å². The van der Waals surface area contributed by atoms with E-state index in [4.69, 9.17) is 11.2 Å². The van der Waals surface area contributed by atoms with Gasteiger partial charge >= 0.3 is 0 Å². The zero-order valence-electron chi connectivity index (χ0n) is 10.1. The summed E-state index contributed by atoms with van der Waals surface area (Å²) in [5, 5.41) is 2.66. The van der Waals surface area contributed by atoms with Gasteiger partial charge in [0.05, 0.1) is 25.3 Å². The summed E-state index contributed by atoms with van der Waals surface area (Å²) in [5.41, 5.74) is 0.551. The highest BCUT2D eigenvalue weighted by atomic mass is 16.5. The molecule has 0 unspecified atom stereocenters. The molecule has 94 valence electrons. The Kier molecular flexibility index (Phi) is 4.15. The molecule has 5 heteroatoms. The van der Waals surface area contributed by atoms with Crippen molar-refractivity contribution in [3.8, 4) is 12.3 Å². The molecule has 2 rings (SSSR count). The van der Waals surface area contributed by atoms with Gasteiger partial charge in [0.2, 0.25) is 0 Å². The lowest BCUT2D eigenvalue weighted by Crippen LogP contribution is -2.38. The smallest absolute Gasteiger partial charge is 0.255 e. The van der Waals surface area contributed by atoms with Crippen LogP contribution in [-0.2, 0) is 4.74 Å². The topological polar surface area (TPSA) is 54.5 Å². The Balaban J connectivity index is 2.19. The molecule has 18 heavy (non-hydrogen) atoms. The fraction of sp³-hybridized carbons (Fsp3) is 0.385. The van der Waals surface area contributed by atoms with Crippen molar-refractivity contribution in [2.45, 2.75) is 0 Å². The van der Waals surface area contributed by atoms with Crippen LogP contribution in [0.5, 0.6) is 0 Å². The third-order valence-corrected chi connectivity index (χ3v) is 2.69. The van der Waals surface area contributed by atoms with E-state index in [1.807, 2.05) is 4.90 Å². The van der Waals surface area contributed by atoms with Gasteiger partial charge < -0.3 is 15.0 Å². The predicted octanol–water partition coefficient (Wildman–Crippen LogP) is 0.281. The van der Waals surface area contributed by atoms with Gasteiger partial charge in [0.1, 0.15) is 5.82 Å². The molecule has 0 aliphatic carbocycles. The van der Waals surface area contributed by atoms with Gasteiger partial charge in [-0.2, -0.15) is 0 Å². The van der Waals surface area contributed by atoms with Crippen LogP contribution >= 0.6 is 0 Å². The van der Waals surface area contributed by atoms with Crippen molar-refractivity contribution in [2.24, 2.45) is 0 Å². The summed E-state index contributed by atoms with van der Waals surface area (Å²) in [4.78, 5) is 18.3. The van der Waals surface area contributed by atoms with Gasteiger partial charge in [-0.1, -0.05) is 5.92 Å². The Morgan fingerprint density at radius 3 is 3.06 bits per heavy atom. The van der Waals surface area contributed by atoms with E-state index in [1.165, 1.54) is 0 Å². The summed E-state index contributed by atoms with van der Waals surface area (Å²) in [6, 6.07) is 3.50. The number of pyridine rings is 1. The molecule has 0 spiro atoms. The first-order valence-corrected chi connectivity index (χ1v) is 5.82. The van der Waals surface area contributed by atoms with E-state index in [2.05, 4.69) is 16.2 Å². The van der Waals surface area contributed by atoms with Crippen molar-refractivity contribution < 1.29 is 9.53 Å². The van der Waals surface area contributed by atoms with Crippen molar-refractivity contribution in [3.63, 3.8) is 0 Å². The van der Waals surface area contributed by atoms with Crippen LogP contribution in [0.1, 0.15) is 10.4 Å². The molecule has 1 saturated heterocycles. The lowest BCUT2D eigenvalue weighted by Gasteiger charge is -2.29.